The number of hydrogen-bond acceptors (Lipinski definition) is 5. The number of likely N-dealkylation sites (tertiary alicyclic amines) is 1. The SMILES string of the molecule is CCn1nc(C)c(CN2CC[C@]34C(=O)N(CC(=O)NCCCOc5cccc(c5)[C@H]23)c2ccccc24)c1C. The number of rotatable bonds is 3. The summed E-state index contributed by atoms with van der Waals surface area (Å²) in [7, 11) is 0. The van der Waals surface area contributed by atoms with Crippen LogP contribution < -0.4 is 15.0 Å². The predicted octanol–water partition coefficient (Wildman–Crippen LogP) is 3.65. The maximum atomic E-state index is 14.5. The fourth-order valence-corrected chi connectivity index (χ4v) is 6.72. The van der Waals surface area contributed by atoms with Crippen LogP contribution in [0, 0.1) is 13.8 Å². The monoisotopic (exact) mass is 513 g/mol. The molecule has 6 rings (SSSR count). The Kier molecular flexibility index (Phi) is 6.22. The fraction of sp³-hybridized carbons (Fsp3) is 0.433. The first-order valence-electron chi connectivity index (χ1n) is 13.6. The molecule has 0 saturated carbocycles. The number of aromatic nitrogens is 2. The van der Waals surface area contributed by atoms with Gasteiger partial charge in [-0.2, -0.15) is 5.10 Å². The second kappa shape index (κ2) is 9.58. The van der Waals surface area contributed by atoms with E-state index in [1.165, 1.54) is 11.3 Å². The largest absolute Gasteiger partial charge is 0.494 e. The van der Waals surface area contributed by atoms with Gasteiger partial charge in [0.1, 0.15) is 12.3 Å². The van der Waals surface area contributed by atoms with Crippen molar-refractivity contribution < 1.29 is 14.3 Å². The van der Waals surface area contributed by atoms with Gasteiger partial charge in [0, 0.05) is 43.1 Å². The van der Waals surface area contributed by atoms with Crippen molar-refractivity contribution >= 4 is 17.5 Å². The molecule has 8 nitrogen and oxygen atoms in total. The summed E-state index contributed by atoms with van der Waals surface area (Å²) in [6, 6.07) is 16.0. The van der Waals surface area contributed by atoms with Crippen molar-refractivity contribution in [1.82, 2.24) is 20.0 Å². The maximum Gasteiger partial charge on any atom is 0.240 e. The van der Waals surface area contributed by atoms with Gasteiger partial charge in [-0.15, -0.1) is 0 Å². The predicted molar refractivity (Wildman–Crippen MR) is 145 cm³/mol. The van der Waals surface area contributed by atoms with Crippen molar-refractivity contribution in [3.05, 3.63) is 76.6 Å². The second-order valence-electron chi connectivity index (χ2n) is 10.6. The van der Waals surface area contributed by atoms with Gasteiger partial charge in [0.15, 0.2) is 0 Å². The third kappa shape index (κ3) is 3.81. The van der Waals surface area contributed by atoms with Gasteiger partial charge in [-0.3, -0.25) is 19.2 Å². The van der Waals surface area contributed by atoms with E-state index in [1.54, 1.807) is 4.90 Å². The molecule has 4 bridgehead atoms. The lowest BCUT2D eigenvalue weighted by Crippen LogP contribution is -2.47. The summed E-state index contributed by atoms with van der Waals surface area (Å²) in [6.45, 7) is 9.62. The molecule has 198 valence electrons. The summed E-state index contributed by atoms with van der Waals surface area (Å²) >= 11 is 0. The van der Waals surface area contributed by atoms with E-state index in [1.807, 2.05) is 30.3 Å². The Labute approximate surface area is 223 Å². The van der Waals surface area contributed by atoms with Gasteiger partial charge in [-0.25, -0.2) is 0 Å². The molecule has 1 aromatic heterocycles. The van der Waals surface area contributed by atoms with Crippen LogP contribution >= 0.6 is 0 Å². The molecule has 4 heterocycles. The lowest BCUT2D eigenvalue weighted by Gasteiger charge is -2.35. The minimum absolute atomic E-state index is 0.00225. The average molecular weight is 514 g/mol. The van der Waals surface area contributed by atoms with E-state index >= 15 is 0 Å². The van der Waals surface area contributed by atoms with Gasteiger partial charge in [0.05, 0.1) is 23.8 Å². The average Bonchev–Trinajstić information content (AvgIpc) is 3.51. The first kappa shape index (κ1) is 24.7. The van der Waals surface area contributed by atoms with Gasteiger partial charge in [0.2, 0.25) is 11.8 Å². The minimum Gasteiger partial charge on any atom is -0.494 e. The standard InChI is InChI=1S/C30H35N5O3/c1-4-35-21(3)24(20(2)32-35)18-33-15-13-30-25-11-5-6-12-26(25)34(29(30)37)19-27(36)31-14-8-16-38-23-10-7-9-22(17-23)28(30)33/h5-7,9-12,17,28H,4,8,13-16,18-19H2,1-3H3,(H,31,36)/t28-,30+/m0/s1. The quantitative estimate of drug-likeness (QED) is 0.579. The van der Waals surface area contributed by atoms with Crippen LogP contribution in [-0.4, -0.2) is 52.7 Å². The van der Waals surface area contributed by atoms with Crippen LogP contribution in [0.5, 0.6) is 5.75 Å². The molecular formula is C30H35N5O3. The molecule has 3 aliphatic rings. The fourth-order valence-electron chi connectivity index (χ4n) is 6.72. The molecule has 1 spiro atoms. The number of para-hydroxylation sites is 1. The summed E-state index contributed by atoms with van der Waals surface area (Å²) in [6.07, 6.45) is 1.37. The molecule has 0 unspecified atom stereocenters. The highest BCUT2D eigenvalue weighted by atomic mass is 16.5. The number of nitrogens with zero attached hydrogens (tertiary/aromatic N) is 4. The first-order valence-corrected chi connectivity index (χ1v) is 13.6. The Morgan fingerprint density at radius 1 is 1.13 bits per heavy atom. The molecule has 2 aromatic carbocycles. The topological polar surface area (TPSA) is 79.7 Å². The van der Waals surface area contributed by atoms with Gasteiger partial charge in [-0.05, 0) is 62.9 Å². The van der Waals surface area contributed by atoms with Gasteiger partial charge in [-0.1, -0.05) is 30.3 Å². The number of ether oxygens (including phenoxy) is 1. The number of anilines is 1. The number of carbonyl (C=O) groups excluding carboxylic acids is 2. The minimum atomic E-state index is -0.790. The van der Waals surface area contributed by atoms with Crippen LogP contribution in [0.3, 0.4) is 0 Å². The van der Waals surface area contributed by atoms with E-state index in [0.29, 0.717) is 32.5 Å². The van der Waals surface area contributed by atoms with Crippen LogP contribution in [0.4, 0.5) is 5.69 Å². The number of fused-ring (bicyclic) bond motifs is 6. The molecule has 2 amide bonds. The van der Waals surface area contributed by atoms with Crippen molar-refractivity contribution in [2.45, 2.75) is 58.2 Å². The maximum absolute atomic E-state index is 14.5. The Morgan fingerprint density at radius 3 is 2.79 bits per heavy atom. The summed E-state index contributed by atoms with van der Waals surface area (Å²) in [4.78, 5) is 31.6. The Balaban J connectivity index is 1.52. The molecule has 0 aliphatic carbocycles. The molecule has 3 aromatic rings. The van der Waals surface area contributed by atoms with E-state index in [9.17, 15) is 9.59 Å². The third-order valence-electron chi connectivity index (χ3n) is 8.51. The molecule has 1 N–H and O–H groups in total. The molecule has 1 fully saturated rings. The van der Waals surface area contributed by atoms with Crippen LogP contribution in [0.25, 0.3) is 0 Å². The highest BCUT2D eigenvalue weighted by molar-refractivity contribution is 6.11. The Morgan fingerprint density at radius 2 is 1.97 bits per heavy atom. The van der Waals surface area contributed by atoms with Crippen LogP contribution in [0.15, 0.2) is 48.5 Å². The van der Waals surface area contributed by atoms with Crippen molar-refractivity contribution in [3.63, 3.8) is 0 Å². The Bertz CT molecular complexity index is 1400. The first-order chi connectivity index (χ1) is 18.4. The van der Waals surface area contributed by atoms with Crippen LogP contribution in [-0.2, 0) is 28.1 Å². The van der Waals surface area contributed by atoms with Gasteiger partial charge >= 0.3 is 0 Å². The van der Waals surface area contributed by atoms with Crippen molar-refractivity contribution in [1.29, 1.82) is 0 Å². The normalized spacial score (nSPS) is 23.4. The number of benzene rings is 2. The van der Waals surface area contributed by atoms with E-state index < -0.39 is 5.41 Å². The lowest BCUT2D eigenvalue weighted by atomic mass is 9.72. The molecule has 0 radical (unpaired) electrons. The molecule has 8 heteroatoms. The van der Waals surface area contributed by atoms with Crippen LogP contribution in [0.1, 0.15) is 53.9 Å². The summed E-state index contributed by atoms with van der Waals surface area (Å²) in [5, 5.41) is 7.72. The molecular weight excluding hydrogens is 478 g/mol. The van der Waals surface area contributed by atoms with Crippen molar-refractivity contribution in [2.24, 2.45) is 0 Å². The summed E-state index contributed by atoms with van der Waals surface area (Å²) in [5.74, 6) is 0.641. The number of amides is 2. The summed E-state index contributed by atoms with van der Waals surface area (Å²) < 4.78 is 8.13. The van der Waals surface area contributed by atoms with Gasteiger partial charge < -0.3 is 15.0 Å². The van der Waals surface area contributed by atoms with E-state index in [0.717, 1.165) is 41.3 Å². The highest BCUT2D eigenvalue weighted by Crippen LogP contribution is 2.57. The van der Waals surface area contributed by atoms with E-state index in [-0.39, 0.29) is 24.4 Å². The zero-order chi connectivity index (χ0) is 26.4. The number of hydrogen-bond donors (Lipinski definition) is 1. The zero-order valence-corrected chi connectivity index (χ0v) is 22.4. The van der Waals surface area contributed by atoms with E-state index in [2.05, 4.69) is 53.9 Å². The number of aryl methyl sites for hydroxylation is 2. The number of carbonyl (C=O) groups is 2. The smallest absolute Gasteiger partial charge is 0.240 e. The molecule has 3 aliphatic heterocycles. The summed E-state index contributed by atoms with van der Waals surface area (Å²) in [5.41, 5.74) is 5.52. The second-order valence-corrected chi connectivity index (χ2v) is 10.6. The molecule has 2 atom stereocenters. The highest BCUT2D eigenvalue weighted by Gasteiger charge is 2.60. The van der Waals surface area contributed by atoms with Gasteiger partial charge in [0.25, 0.3) is 0 Å². The lowest BCUT2D eigenvalue weighted by molar-refractivity contribution is -0.127. The van der Waals surface area contributed by atoms with Crippen molar-refractivity contribution in [2.75, 3.05) is 31.1 Å². The third-order valence-corrected chi connectivity index (χ3v) is 8.51. The molecule has 38 heavy (non-hydrogen) atoms. The zero-order valence-electron chi connectivity index (χ0n) is 22.4. The van der Waals surface area contributed by atoms with Crippen LogP contribution in [0.2, 0.25) is 0 Å². The number of nitrogens with one attached hydrogen (secondary N) is 1. The Hall–Kier alpha value is -3.65. The molecule has 1 saturated heterocycles. The van der Waals surface area contributed by atoms with Crippen molar-refractivity contribution in [3.8, 4) is 5.75 Å². The van der Waals surface area contributed by atoms with E-state index in [4.69, 9.17) is 9.84 Å².